The summed E-state index contributed by atoms with van der Waals surface area (Å²) < 4.78 is 2.96. The Labute approximate surface area is 113 Å². The summed E-state index contributed by atoms with van der Waals surface area (Å²) in [6.07, 6.45) is 1.67. The monoisotopic (exact) mass is 312 g/mol. The van der Waals surface area contributed by atoms with Gasteiger partial charge in [0.15, 0.2) is 0 Å². The van der Waals surface area contributed by atoms with Gasteiger partial charge in [0, 0.05) is 12.8 Å². The van der Waals surface area contributed by atoms with Gasteiger partial charge in [0.2, 0.25) is 0 Å². The van der Waals surface area contributed by atoms with Crippen molar-refractivity contribution in [1.82, 2.24) is 14.8 Å². The highest BCUT2D eigenvalue weighted by Crippen LogP contribution is 2.27. The lowest BCUT2D eigenvalue weighted by Crippen LogP contribution is -1.97. The Bertz CT molecular complexity index is 521. The second-order valence-corrected chi connectivity index (χ2v) is 5.48. The zero-order chi connectivity index (χ0) is 12.4. The summed E-state index contributed by atoms with van der Waals surface area (Å²) in [5.41, 5.74) is 8.45. The van der Waals surface area contributed by atoms with Crippen molar-refractivity contribution in [3.8, 4) is 0 Å². The van der Waals surface area contributed by atoms with E-state index in [0.29, 0.717) is 5.69 Å². The molecule has 0 fully saturated rings. The molecule has 2 aromatic heterocycles. The molecule has 0 spiro atoms. The van der Waals surface area contributed by atoms with Crippen LogP contribution in [0, 0.1) is 6.92 Å². The molecule has 0 saturated heterocycles. The number of thioether (sulfide) groups is 1. The van der Waals surface area contributed by atoms with E-state index in [9.17, 15) is 0 Å². The van der Waals surface area contributed by atoms with Crippen molar-refractivity contribution in [2.24, 2.45) is 7.05 Å². The molecular formula is C11H13BrN4S. The van der Waals surface area contributed by atoms with Crippen molar-refractivity contribution >= 4 is 33.4 Å². The fraction of sp³-hybridized carbons (Fsp3) is 0.273. The van der Waals surface area contributed by atoms with Gasteiger partial charge in [-0.05, 0) is 35.0 Å². The van der Waals surface area contributed by atoms with Gasteiger partial charge in [0.05, 0.1) is 32.8 Å². The van der Waals surface area contributed by atoms with E-state index in [-0.39, 0.29) is 0 Å². The van der Waals surface area contributed by atoms with Crippen molar-refractivity contribution < 1.29 is 0 Å². The Morgan fingerprint density at radius 2 is 2.24 bits per heavy atom. The Hall–Kier alpha value is -1.01. The van der Waals surface area contributed by atoms with Gasteiger partial charge in [0.1, 0.15) is 0 Å². The lowest BCUT2D eigenvalue weighted by atomic mass is 10.4. The number of pyridine rings is 1. The maximum Gasteiger partial charge on any atom is 0.0965 e. The molecule has 2 aromatic rings. The van der Waals surface area contributed by atoms with Gasteiger partial charge in [-0.25, -0.2) is 4.98 Å². The average molecular weight is 313 g/mol. The van der Waals surface area contributed by atoms with Gasteiger partial charge >= 0.3 is 0 Å². The number of aryl methyl sites for hydroxylation is 2. The fourth-order valence-electron chi connectivity index (χ4n) is 1.46. The number of nitrogens with zero attached hydrogens (tertiary/aromatic N) is 3. The number of anilines is 1. The summed E-state index contributed by atoms with van der Waals surface area (Å²) in [4.78, 5) is 4.25. The summed E-state index contributed by atoms with van der Waals surface area (Å²) in [6, 6.07) is 3.79. The molecule has 0 aliphatic rings. The molecule has 4 nitrogen and oxygen atoms in total. The second-order valence-electron chi connectivity index (χ2n) is 3.69. The zero-order valence-corrected chi connectivity index (χ0v) is 12.0. The van der Waals surface area contributed by atoms with E-state index in [2.05, 4.69) is 26.0 Å². The molecule has 2 rings (SSSR count). The molecule has 2 N–H and O–H groups in total. The number of nitrogens with two attached hydrogens (primary N) is 1. The maximum atomic E-state index is 5.59. The van der Waals surface area contributed by atoms with Crippen LogP contribution in [0.15, 0.2) is 27.8 Å². The van der Waals surface area contributed by atoms with Crippen LogP contribution in [0.2, 0.25) is 0 Å². The van der Waals surface area contributed by atoms with E-state index >= 15 is 0 Å². The molecule has 17 heavy (non-hydrogen) atoms. The Morgan fingerprint density at radius 1 is 1.47 bits per heavy atom. The van der Waals surface area contributed by atoms with E-state index in [4.69, 9.17) is 5.73 Å². The largest absolute Gasteiger partial charge is 0.397 e. The standard InChI is InChI=1S/C11H13BrN4S/c1-7-11(12)9(16(2)15-7)6-17-10-4-3-8(13)5-14-10/h3-5H,6,13H2,1-2H3. The van der Waals surface area contributed by atoms with Crippen LogP contribution in [0.3, 0.4) is 0 Å². The van der Waals surface area contributed by atoms with Crippen LogP contribution in [-0.4, -0.2) is 14.8 Å². The van der Waals surface area contributed by atoms with Crippen molar-refractivity contribution in [2.75, 3.05) is 5.73 Å². The molecule has 2 heterocycles. The molecule has 0 unspecified atom stereocenters. The summed E-state index contributed by atoms with van der Waals surface area (Å²) in [5.74, 6) is 0.828. The highest BCUT2D eigenvalue weighted by atomic mass is 79.9. The predicted octanol–water partition coefficient (Wildman–Crippen LogP) is 2.76. The lowest BCUT2D eigenvalue weighted by Gasteiger charge is -2.03. The summed E-state index contributed by atoms with van der Waals surface area (Å²) >= 11 is 5.22. The van der Waals surface area contributed by atoms with E-state index in [0.717, 1.165) is 26.6 Å². The Balaban J connectivity index is 2.09. The highest BCUT2D eigenvalue weighted by molar-refractivity contribution is 9.10. The summed E-state index contributed by atoms with van der Waals surface area (Å²) in [5, 5.41) is 5.32. The first kappa shape index (κ1) is 12.4. The van der Waals surface area contributed by atoms with Crippen LogP contribution < -0.4 is 5.73 Å². The number of aromatic nitrogens is 3. The number of halogens is 1. The van der Waals surface area contributed by atoms with Gasteiger partial charge in [-0.2, -0.15) is 5.10 Å². The molecule has 0 aliphatic carbocycles. The summed E-state index contributed by atoms with van der Waals surface area (Å²) in [7, 11) is 1.95. The number of hydrogen-bond acceptors (Lipinski definition) is 4. The molecule has 0 atom stereocenters. The van der Waals surface area contributed by atoms with Crippen molar-refractivity contribution in [1.29, 1.82) is 0 Å². The van der Waals surface area contributed by atoms with E-state index in [1.807, 2.05) is 30.8 Å². The lowest BCUT2D eigenvalue weighted by molar-refractivity contribution is 0.727. The zero-order valence-electron chi connectivity index (χ0n) is 9.64. The van der Waals surface area contributed by atoms with E-state index in [1.165, 1.54) is 0 Å². The quantitative estimate of drug-likeness (QED) is 0.885. The van der Waals surface area contributed by atoms with Crippen molar-refractivity contribution in [3.05, 3.63) is 34.2 Å². The molecule has 0 bridgehead atoms. The first-order chi connectivity index (χ1) is 8.08. The Morgan fingerprint density at radius 3 is 2.76 bits per heavy atom. The SMILES string of the molecule is Cc1nn(C)c(CSc2ccc(N)cn2)c1Br. The third kappa shape index (κ3) is 2.81. The summed E-state index contributed by atoms with van der Waals surface area (Å²) in [6.45, 7) is 1.99. The van der Waals surface area contributed by atoms with E-state index < -0.39 is 0 Å². The minimum Gasteiger partial charge on any atom is -0.397 e. The molecule has 6 heteroatoms. The first-order valence-corrected chi connectivity index (χ1v) is 6.88. The number of nitrogen functional groups attached to an aromatic ring is 1. The minimum atomic E-state index is 0.687. The smallest absolute Gasteiger partial charge is 0.0965 e. The highest BCUT2D eigenvalue weighted by Gasteiger charge is 2.10. The third-order valence-electron chi connectivity index (χ3n) is 2.38. The predicted molar refractivity (Wildman–Crippen MR) is 73.9 cm³/mol. The van der Waals surface area contributed by atoms with Crippen molar-refractivity contribution in [3.63, 3.8) is 0 Å². The second kappa shape index (κ2) is 5.10. The van der Waals surface area contributed by atoms with Crippen LogP contribution in [0.5, 0.6) is 0 Å². The van der Waals surface area contributed by atoms with Gasteiger partial charge in [-0.1, -0.05) is 0 Å². The van der Waals surface area contributed by atoms with Gasteiger partial charge in [0.25, 0.3) is 0 Å². The number of hydrogen-bond donors (Lipinski definition) is 1. The maximum absolute atomic E-state index is 5.59. The molecular weight excluding hydrogens is 300 g/mol. The van der Waals surface area contributed by atoms with Crippen LogP contribution in [-0.2, 0) is 12.8 Å². The normalized spacial score (nSPS) is 10.8. The third-order valence-corrected chi connectivity index (χ3v) is 4.36. The molecule has 0 radical (unpaired) electrons. The van der Waals surface area contributed by atoms with E-state index in [1.54, 1.807) is 18.0 Å². The average Bonchev–Trinajstić information content (AvgIpc) is 2.54. The topological polar surface area (TPSA) is 56.7 Å². The Kier molecular flexibility index (Phi) is 3.73. The van der Waals surface area contributed by atoms with Crippen LogP contribution in [0.4, 0.5) is 5.69 Å². The molecule has 0 aliphatic heterocycles. The van der Waals surface area contributed by atoms with Crippen LogP contribution >= 0.6 is 27.7 Å². The minimum absolute atomic E-state index is 0.687. The van der Waals surface area contributed by atoms with Crippen LogP contribution in [0.25, 0.3) is 0 Å². The number of rotatable bonds is 3. The molecule has 0 saturated carbocycles. The molecule has 90 valence electrons. The fourth-order valence-corrected chi connectivity index (χ4v) is 3.03. The van der Waals surface area contributed by atoms with Gasteiger partial charge in [-0.3, -0.25) is 4.68 Å². The van der Waals surface area contributed by atoms with Gasteiger partial charge in [-0.15, -0.1) is 11.8 Å². The van der Waals surface area contributed by atoms with Gasteiger partial charge < -0.3 is 5.73 Å². The molecule has 0 aromatic carbocycles. The van der Waals surface area contributed by atoms with Crippen molar-refractivity contribution in [2.45, 2.75) is 17.7 Å². The van der Waals surface area contributed by atoms with Crippen LogP contribution in [0.1, 0.15) is 11.4 Å². The molecule has 0 amide bonds. The first-order valence-electron chi connectivity index (χ1n) is 5.10.